The van der Waals surface area contributed by atoms with Gasteiger partial charge in [-0.15, -0.1) is 0 Å². The van der Waals surface area contributed by atoms with E-state index in [2.05, 4.69) is 83.1 Å². The van der Waals surface area contributed by atoms with Crippen molar-refractivity contribution in [3.05, 3.63) is 55.0 Å². The summed E-state index contributed by atoms with van der Waals surface area (Å²) in [6.45, 7) is 0. The summed E-state index contributed by atoms with van der Waals surface area (Å²) >= 11 is 0. The molecule has 0 aliphatic heterocycles. The maximum absolute atomic E-state index is 3.69. The van der Waals surface area contributed by atoms with E-state index in [0.717, 1.165) is 0 Å². The summed E-state index contributed by atoms with van der Waals surface area (Å²) in [5.41, 5.74) is 15.3. The van der Waals surface area contributed by atoms with Gasteiger partial charge in [0, 0.05) is 67.1 Å². The number of hydrogen-bond donors (Lipinski definition) is 3. The molecule has 6 nitrogen and oxygen atoms in total. The number of rotatable bonds is 0. The molecule has 0 fully saturated rings. The largest absolute Gasteiger partial charge is 0.359 e. The third kappa shape index (κ3) is 1.07. The molecule has 13 rings (SSSR count). The molecule has 12 aromatic heterocycles. The van der Waals surface area contributed by atoms with Gasteiger partial charge in [-0.3, -0.25) is 0 Å². The molecule has 0 radical (unpaired) electrons. The summed E-state index contributed by atoms with van der Waals surface area (Å²) in [6, 6.07) is 13.8. The highest BCUT2D eigenvalue weighted by molar-refractivity contribution is 6.47. The molecule has 0 aliphatic carbocycles. The van der Waals surface area contributed by atoms with E-state index in [9.17, 15) is 0 Å². The second-order valence-electron chi connectivity index (χ2n) is 10.8. The monoisotopic (exact) mass is 456 g/mol. The molecule has 0 bridgehead atoms. The highest BCUT2D eigenvalue weighted by Gasteiger charge is 2.32. The van der Waals surface area contributed by atoms with Gasteiger partial charge in [0.05, 0.1) is 66.2 Å². The maximum Gasteiger partial charge on any atom is 0.0713 e. The molecule has 6 heteroatoms. The average molecular weight is 456 g/mol. The van der Waals surface area contributed by atoms with Crippen LogP contribution in [0.4, 0.5) is 0 Å². The van der Waals surface area contributed by atoms with Crippen LogP contribution in [0.1, 0.15) is 0 Å². The van der Waals surface area contributed by atoms with Crippen molar-refractivity contribution in [2.75, 3.05) is 0 Å². The fraction of sp³-hybridized carbons (Fsp3) is 0. The van der Waals surface area contributed by atoms with Gasteiger partial charge in [0.2, 0.25) is 0 Å². The molecule has 13 aromatic rings. The van der Waals surface area contributed by atoms with Crippen molar-refractivity contribution >= 4 is 115 Å². The van der Waals surface area contributed by atoms with E-state index in [1.54, 1.807) is 0 Å². The molecule has 0 atom stereocenters. The van der Waals surface area contributed by atoms with E-state index >= 15 is 0 Å². The van der Waals surface area contributed by atoms with Crippen molar-refractivity contribution < 1.29 is 0 Å². The number of aromatic nitrogens is 6. The highest BCUT2D eigenvalue weighted by atomic mass is 15.0. The highest BCUT2D eigenvalue weighted by Crippen LogP contribution is 2.54. The Morgan fingerprint density at radius 1 is 0.361 bits per heavy atom. The Labute approximate surface area is 197 Å². The Morgan fingerprint density at radius 2 is 0.667 bits per heavy atom. The minimum atomic E-state index is 1.23. The Bertz CT molecular complexity index is 2310. The first-order valence-electron chi connectivity index (χ1n) is 12.5. The Morgan fingerprint density at radius 3 is 1.00 bits per heavy atom. The molecular formula is C30H12N6. The van der Waals surface area contributed by atoms with Gasteiger partial charge in [-0.2, -0.15) is 0 Å². The van der Waals surface area contributed by atoms with Crippen molar-refractivity contribution in [1.82, 2.24) is 28.2 Å². The van der Waals surface area contributed by atoms with Gasteiger partial charge in [-0.05, 0) is 36.4 Å². The van der Waals surface area contributed by atoms with E-state index in [1.165, 1.54) is 115 Å². The molecule has 0 unspecified atom stereocenters. The van der Waals surface area contributed by atoms with E-state index < -0.39 is 0 Å². The molecule has 0 spiro atoms. The topological polar surface area (TPSA) is 60.6 Å². The van der Waals surface area contributed by atoms with Crippen LogP contribution in [-0.2, 0) is 0 Å². The zero-order chi connectivity index (χ0) is 22.3. The summed E-state index contributed by atoms with van der Waals surface area (Å²) in [6.07, 6.45) is 6.65. The van der Waals surface area contributed by atoms with Crippen LogP contribution in [0, 0.1) is 0 Å². The minimum Gasteiger partial charge on any atom is -0.359 e. The van der Waals surface area contributed by atoms with Crippen LogP contribution in [-0.4, -0.2) is 28.2 Å². The van der Waals surface area contributed by atoms with Crippen LogP contribution in [0.5, 0.6) is 0 Å². The number of pyridine rings is 6. The summed E-state index contributed by atoms with van der Waals surface area (Å²) in [4.78, 5) is 11.1. The molecular weight excluding hydrogens is 444 g/mol. The van der Waals surface area contributed by atoms with Crippen LogP contribution < -0.4 is 0 Å². The molecule has 36 heavy (non-hydrogen) atoms. The fourth-order valence-electron chi connectivity index (χ4n) is 8.60. The molecule has 0 amide bonds. The van der Waals surface area contributed by atoms with Crippen molar-refractivity contribution in [1.29, 1.82) is 0 Å². The van der Waals surface area contributed by atoms with Crippen LogP contribution in [0.3, 0.4) is 0 Å². The number of H-pyrrole nitrogens is 3. The lowest BCUT2D eigenvalue weighted by atomic mass is 9.92. The predicted octanol–water partition coefficient (Wildman–Crippen LogP) is 7.43. The zero-order valence-corrected chi connectivity index (χ0v) is 18.5. The molecule has 162 valence electrons. The Balaban J connectivity index is 1.68. The minimum absolute atomic E-state index is 1.23. The Kier molecular flexibility index (Phi) is 1.67. The number of benzene rings is 1. The first-order chi connectivity index (χ1) is 17.9. The number of nitrogens with one attached hydrogen (secondary N) is 3. The Hall–Kier alpha value is -5.10. The first kappa shape index (κ1) is 15.0. The van der Waals surface area contributed by atoms with Crippen molar-refractivity contribution in [2.45, 2.75) is 0 Å². The molecule has 0 aliphatic rings. The van der Waals surface area contributed by atoms with Crippen LogP contribution in [0.25, 0.3) is 115 Å². The van der Waals surface area contributed by atoms with Gasteiger partial charge in [0.25, 0.3) is 0 Å². The van der Waals surface area contributed by atoms with E-state index in [0.29, 0.717) is 0 Å². The van der Waals surface area contributed by atoms with Gasteiger partial charge in [0.1, 0.15) is 0 Å². The number of nitrogens with zero attached hydrogens (tertiary/aromatic N) is 3. The predicted molar refractivity (Wildman–Crippen MR) is 147 cm³/mol. The van der Waals surface area contributed by atoms with Crippen LogP contribution in [0.15, 0.2) is 55.0 Å². The molecule has 1 aromatic carbocycles. The smallest absolute Gasteiger partial charge is 0.0713 e. The third-order valence-electron chi connectivity index (χ3n) is 9.72. The average Bonchev–Trinajstić information content (AvgIpc) is 3.70. The second kappa shape index (κ2) is 4.01. The maximum atomic E-state index is 3.69. The first-order valence-corrected chi connectivity index (χ1v) is 12.5. The van der Waals surface area contributed by atoms with Crippen molar-refractivity contribution in [3.8, 4) is 0 Å². The van der Waals surface area contributed by atoms with Gasteiger partial charge in [0.15, 0.2) is 0 Å². The summed E-state index contributed by atoms with van der Waals surface area (Å²) in [5, 5.41) is 12.1. The summed E-state index contributed by atoms with van der Waals surface area (Å²) < 4.78 is 7.57. The lowest BCUT2D eigenvalue weighted by Gasteiger charge is -2.24. The number of fused-ring (bicyclic) bond motifs is 6. The van der Waals surface area contributed by atoms with Gasteiger partial charge < -0.3 is 28.2 Å². The standard InChI is InChI=1S/C30H12N6/c1-4-16-25-20-11(8-32-25)14-3-6-18-27-21-12(9-33-27)15-2-5-17-26-19-10(7-31-26)13(1)34(16)28-22(19)29(35(15)17)24(21)30(23(20)28)36(14)18/h1-9,31-33H. The lowest BCUT2D eigenvalue weighted by molar-refractivity contribution is 1.32. The van der Waals surface area contributed by atoms with E-state index in [-0.39, 0.29) is 0 Å². The molecule has 12 heterocycles. The van der Waals surface area contributed by atoms with Crippen molar-refractivity contribution in [3.63, 3.8) is 0 Å². The molecule has 0 saturated carbocycles. The fourth-order valence-corrected chi connectivity index (χ4v) is 8.60. The number of hydrogen-bond acceptors (Lipinski definition) is 0. The van der Waals surface area contributed by atoms with Crippen molar-refractivity contribution in [2.24, 2.45) is 0 Å². The van der Waals surface area contributed by atoms with Gasteiger partial charge in [-0.25, -0.2) is 0 Å². The summed E-state index contributed by atoms with van der Waals surface area (Å²) in [7, 11) is 0. The normalized spacial score (nSPS) is 14.7. The zero-order valence-electron chi connectivity index (χ0n) is 18.5. The quantitative estimate of drug-likeness (QED) is 0.157. The number of aromatic amines is 3. The van der Waals surface area contributed by atoms with E-state index in [4.69, 9.17) is 0 Å². The summed E-state index contributed by atoms with van der Waals surface area (Å²) in [5.74, 6) is 0. The molecule has 3 N–H and O–H groups in total. The van der Waals surface area contributed by atoms with Crippen LogP contribution >= 0.6 is 0 Å². The lowest BCUT2D eigenvalue weighted by Crippen LogP contribution is -2.05. The molecule has 0 saturated heterocycles. The van der Waals surface area contributed by atoms with Crippen LogP contribution in [0.2, 0.25) is 0 Å². The van der Waals surface area contributed by atoms with Gasteiger partial charge in [-0.1, -0.05) is 0 Å². The SMILES string of the molecule is c1[nH]c2c3c1c1ccc4c5[nH]cc6c5c5c(c3c3c7c8c(c[nH]c8c8ccc6n8c57)c5ccc2n53)n14. The third-order valence-corrected chi connectivity index (χ3v) is 9.72. The second-order valence-corrected chi connectivity index (χ2v) is 10.8. The van der Waals surface area contributed by atoms with Gasteiger partial charge >= 0.3 is 0 Å². The van der Waals surface area contributed by atoms with E-state index in [1.807, 2.05) is 0 Å².